The van der Waals surface area contributed by atoms with E-state index < -0.39 is 0 Å². The SMILES string of the molecule is NC(C[Si]CC(N)Cc1ccc(O)cc1)Cc1ccc(O)cc1. The Hall–Kier alpha value is -1.82. The molecule has 0 saturated carbocycles. The Morgan fingerprint density at radius 1 is 0.696 bits per heavy atom. The number of aromatic hydroxyl groups is 2. The van der Waals surface area contributed by atoms with E-state index >= 15 is 0 Å². The fourth-order valence-electron chi connectivity index (χ4n) is 2.47. The Labute approximate surface area is 140 Å². The third-order valence-electron chi connectivity index (χ3n) is 3.68. The number of hydrogen-bond donors (Lipinski definition) is 4. The molecule has 5 heteroatoms. The van der Waals surface area contributed by atoms with E-state index in [0.717, 1.165) is 45.6 Å². The molecule has 2 atom stereocenters. The molecule has 0 spiro atoms. The largest absolute Gasteiger partial charge is 0.508 e. The zero-order valence-corrected chi connectivity index (χ0v) is 14.2. The summed E-state index contributed by atoms with van der Waals surface area (Å²) in [5.74, 6) is 0.564. The molecule has 0 amide bonds. The fourth-order valence-corrected chi connectivity index (χ4v) is 3.66. The van der Waals surface area contributed by atoms with Crippen LogP contribution in [0.2, 0.25) is 12.1 Å². The van der Waals surface area contributed by atoms with Crippen LogP contribution in [0.5, 0.6) is 11.5 Å². The smallest absolute Gasteiger partial charge is 0.115 e. The minimum absolute atomic E-state index is 0.124. The minimum Gasteiger partial charge on any atom is -0.508 e. The third-order valence-corrected chi connectivity index (χ3v) is 5.31. The summed E-state index contributed by atoms with van der Waals surface area (Å²) in [6.45, 7) is 0. The molecule has 23 heavy (non-hydrogen) atoms. The van der Waals surface area contributed by atoms with Gasteiger partial charge in [0.25, 0.3) is 0 Å². The second-order valence-corrected chi connectivity index (χ2v) is 7.24. The van der Waals surface area contributed by atoms with E-state index in [1.807, 2.05) is 24.3 Å². The summed E-state index contributed by atoms with van der Waals surface area (Å²) < 4.78 is 0. The Bertz CT molecular complexity index is 533. The quantitative estimate of drug-likeness (QED) is 0.558. The highest BCUT2D eigenvalue weighted by Gasteiger charge is 2.09. The first-order chi connectivity index (χ1) is 11.0. The molecule has 2 aromatic rings. The van der Waals surface area contributed by atoms with Crippen molar-refractivity contribution in [2.24, 2.45) is 11.5 Å². The summed E-state index contributed by atoms with van der Waals surface area (Å²) >= 11 is 0. The van der Waals surface area contributed by atoms with Gasteiger partial charge in [0.15, 0.2) is 0 Å². The van der Waals surface area contributed by atoms with E-state index in [4.69, 9.17) is 11.5 Å². The van der Waals surface area contributed by atoms with Gasteiger partial charge < -0.3 is 21.7 Å². The second kappa shape index (κ2) is 8.72. The van der Waals surface area contributed by atoms with Crippen LogP contribution < -0.4 is 11.5 Å². The van der Waals surface area contributed by atoms with E-state index in [9.17, 15) is 10.2 Å². The lowest BCUT2D eigenvalue weighted by Gasteiger charge is -2.14. The molecule has 0 heterocycles. The molecule has 0 bridgehead atoms. The predicted octanol–water partition coefficient (Wildman–Crippen LogP) is 2.08. The van der Waals surface area contributed by atoms with Crippen LogP contribution in [-0.2, 0) is 12.8 Å². The van der Waals surface area contributed by atoms with Crippen LogP contribution in [0.15, 0.2) is 48.5 Å². The molecule has 2 unspecified atom stereocenters. The van der Waals surface area contributed by atoms with Gasteiger partial charge in [0.05, 0.1) is 0 Å². The van der Waals surface area contributed by atoms with E-state index in [1.54, 1.807) is 24.3 Å². The van der Waals surface area contributed by atoms with E-state index in [-0.39, 0.29) is 23.6 Å². The number of hydrogen-bond acceptors (Lipinski definition) is 4. The van der Waals surface area contributed by atoms with Gasteiger partial charge in [0, 0.05) is 21.6 Å². The zero-order chi connectivity index (χ0) is 16.7. The van der Waals surface area contributed by atoms with Crippen LogP contribution in [-0.4, -0.2) is 31.8 Å². The molecule has 2 rings (SSSR count). The van der Waals surface area contributed by atoms with Crippen molar-refractivity contribution in [3.05, 3.63) is 59.7 Å². The van der Waals surface area contributed by atoms with Crippen LogP contribution in [0.3, 0.4) is 0 Å². The molecule has 0 fully saturated rings. The molecule has 0 aromatic heterocycles. The van der Waals surface area contributed by atoms with Gasteiger partial charge in [0.1, 0.15) is 11.5 Å². The monoisotopic (exact) mass is 328 g/mol. The summed E-state index contributed by atoms with van der Waals surface area (Å²) in [7, 11) is 0.743. The maximum absolute atomic E-state index is 9.27. The molecular weight excluding hydrogens is 304 g/mol. The minimum atomic E-state index is 0.124. The average molecular weight is 328 g/mol. The first-order valence-corrected chi connectivity index (χ1v) is 9.22. The number of phenolic OH excluding ortho intramolecular Hbond substituents is 2. The van der Waals surface area contributed by atoms with Crippen LogP contribution in [0.4, 0.5) is 0 Å². The van der Waals surface area contributed by atoms with Crippen molar-refractivity contribution in [1.82, 2.24) is 0 Å². The van der Waals surface area contributed by atoms with Crippen LogP contribution in [0, 0.1) is 0 Å². The average Bonchev–Trinajstić information content (AvgIpc) is 2.52. The van der Waals surface area contributed by atoms with Crippen molar-refractivity contribution >= 4 is 9.52 Å². The number of nitrogens with two attached hydrogens (primary N) is 2. The highest BCUT2D eigenvalue weighted by molar-refractivity contribution is 6.35. The molecule has 0 aliphatic rings. The van der Waals surface area contributed by atoms with Crippen molar-refractivity contribution < 1.29 is 10.2 Å². The van der Waals surface area contributed by atoms with E-state index in [0.29, 0.717) is 0 Å². The number of benzene rings is 2. The molecule has 2 radical (unpaired) electrons. The second-order valence-electron chi connectivity index (χ2n) is 5.92. The maximum atomic E-state index is 9.27. The van der Waals surface area contributed by atoms with Crippen molar-refractivity contribution in [2.75, 3.05) is 0 Å². The van der Waals surface area contributed by atoms with Gasteiger partial charge in [-0.25, -0.2) is 0 Å². The highest BCUT2D eigenvalue weighted by Crippen LogP contribution is 2.13. The first kappa shape index (κ1) is 17.5. The van der Waals surface area contributed by atoms with Gasteiger partial charge in [-0.1, -0.05) is 24.3 Å². The van der Waals surface area contributed by atoms with Gasteiger partial charge in [-0.3, -0.25) is 0 Å². The zero-order valence-electron chi connectivity index (χ0n) is 13.2. The summed E-state index contributed by atoms with van der Waals surface area (Å²) in [5.41, 5.74) is 14.6. The van der Waals surface area contributed by atoms with E-state index in [1.165, 1.54) is 0 Å². The van der Waals surface area contributed by atoms with Crippen molar-refractivity contribution in [3.63, 3.8) is 0 Å². The fraction of sp³-hybridized carbons (Fsp3) is 0.333. The summed E-state index contributed by atoms with van der Waals surface area (Å²) in [4.78, 5) is 0. The summed E-state index contributed by atoms with van der Waals surface area (Å²) in [6, 6.07) is 16.6. The Morgan fingerprint density at radius 2 is 1.04 bits per heavy atom. The molecule has 6 N–H and O–H groups in total. The van der Waals surface area contributed by atoms with Gasteiger partial charge in [-0.2, -0.15) is 0 Å². The maximum Gasteiger partial charge on any atom is 0.115 e. The Morgan fingerprint density at radius 3 is 1.39 bits per heavy atom. The van der Waals surface area contributed by atoms with Gasteiger partial charge in [0.2, 0.25) is 0 Å². The molecular formula is C18H24N2O2Si. The lowest BCUT2D eigenvalue weighted by atomic mass is 10.1. The Kier molecular flexibility index (Phi) is 6.64. The predicted molar refractivity (Wildman–Crippen MR) is 94.9 cm³/mol. The number of phenols is 2. The normalized spacial score (nSPS) is 13.7. The van der Waals surface area contributed by atoms with Crippen LogP contribution >= 0.6 is 0 Å². The molecule has 0 aliphatic heterocycles. The van der Waals surface area contributed by atoms with Crippen molar-refractivity contribution in [2.45, 2.75) is 37.0 Å². The molecule has 122 valence electrons. The van der Waals surface area contributed by atoms with Crippen molar-refractivity contribution in [3.8, 4) is 11.5 Å². The van der Waals surface area contributed by atoms with E-state index in [2.05, 4.69) is 0 Å². The lowest BCUT2D eigenvalue weighted by Crippen LogP contribution is -2.28. The standard InChI is InChI=1S/C18H24N2O2Si/c19-15(9-13-1-5-17(21)6-2-13)11-23-12-16(20)10-14-3-7-18(22)8-4-14/h1-8,15-16,21-22H,9-12,19-20H2. The highest BCUT2D eigenvalue weighted by atomic mass is 28.2. The van der Waals surface area contributed by atoms with Gasteiger partial charge in [-0.05, 0) is 60.3 Å². The third kappa shape index (κ3) is 6.44. The lowest BCUT2D eigenvalue weighted by molar-refractivity contribution is 0.474. The Balaban J connectivity index is 1.67. The van der Waals surface area contributed by atoms with Gasteiger partial charge >= 0.3 is 0 Å². The molecule has 2 aromatic carbocycles. The van der Waals surface area contributed by atoms with Crippen molar-refractivity contribution in [1.29, 1.82) is 0 Å². The van der Waals surface area contributed by atoms with Crippen LogP contribution in [0.25, 0.3) is 0 Å². The molecule has 0 saturated heterocycles. The molecule has 4 nitrogen and oxygen atoms in total. The molecule has 0 aliphatic carbocycles. The topological polar surface area (TPSA) is 92.5 Å². The number of rotatable bonds is 8. The first-order valence-electron chi connectivity index (χ1n) is 7.80. The summed E-state index contributed by atoms with van der Waals surface area (Å²) in [6.07, 6.45) is 1.64. The summed E-state index contributed by atoms with van der Waals surface area (Å²) in [5, 5.41) is 18.5. The van der Waals surface area contributed by atoms with Crippen LogP contribution in [0.1, 0.15) is 11.1 Å². The van der Waals surface area contributed by atoms with Gasteiger partial charge in [-0.15, -0.1) is 0 Å².